The Morgan fingerprint density at radius 1 is 1.25 bits per heavy atom. The predicted molar refractivity (Wildman–Crippen MR) is 77.2 cm³/mol. The normalized spacial score (nSPS) is 13.2. The maximum Gasteiger partial charge on any atom is 0.242 e. The van der Waals surface area contributed by atoms with E-state index in [-0.39, 0.29) is 15.1 Å². The molecule has 1 unspecified atom stereocenters. The second-order valence-corrected chi connectivity index (χ2v) is 6.55. The van der Waals surface area contributed by atoms with Crippen LogP contribution in [0, 0.1) is 0 Å². The summed E-state index contributed by atoms with van der Waals surface area (Å²) in [6.07, 6.45) is 4.36. The van der Waals surface area contributed by atoms with E-state index < -0.39 is 16.1 Å². The zero-order valence-corrected chi connectivity index (χ0v) is 12.7. The summed E-state index contributed by atoms with van der Waals surface area (Å²) in [7, 11) is -3.72. The third-order valence-corrected chi connectivity index (χ3v) is 4.81. The minimum Gasteiger partial charge on any atom is -0.265 e. The fourth-order valence-electron chi connectivity index (χ4n) is 1.57. The summed E-state index contributed by atoms with van der Waals surface area (Å²) in [5, 5.41) is 0.152. The van der Waals surface area contributed by atoms with E-state index in [1.165, 1.54) is 6.07 Å². The van der Waals surface area contributed by atoms with Gasteiger partial charge in [0, 0.05) is 24.6 Å². The Kier molecular flexibility index (Phi) is 4.59. The van der Waals surface area contributed by atoms with Crippen LogP contribution in [0.15, 0.2) is 41.7 Å². The van der Waals surface area contributed by atoms with Crippen molar-refractivity contribution in [2.45, 2.75) is 17.9 Å². The molecule has 0 amide bonds. The van der Waals surface area contributed by atoms with E-state index in [0.29, 0.717) is 0 Å². The first-order chi connectivity index (χ1) is 9.40. The molecule has 0 spiro atoms. The molecule has 5 nitrogen and oxygen atoms in total. The highest BCUT2D eigenvalue weighted by molar-refractivity contribution is 7.89. The quantitative estimate of drug-likeness (QED) is 0.874. The van der Waals surface area contributed by atoms with Gasteiger partial charge in [0.15, 0.2) is 0 Å². The van der Waals surface area contributed by atoms with Gasteiger partial charge in [0.05, 0.1) is 5.02 Å². The van der Waals surface area contributed by atoms with Crippen LogP contribution < -0.4 is 4.72 Å². The van der Waals surface area contributed by atoms with Gasteiger partial charge in [-0.25, -0.2) is 18.1 Å². The lowest BCUT2D eigenvalue weighted by Gasteiger charge is -2.14. The van der Waals surface area contributed by atoms with Gasteiger partial charge in [0.25, 0.3) is 0 Å². The van der Waals surface area contributed by atoms with Gasteiger partial charge in [-0.15, -0.1) is 0 Å². The molecule has 0 saturated heterocycles. The monoisotopic (exact) mass is 331 g/mol. The summed E-state index contributed by atoms with van der Waals surface area (Å²) in [4.78, 5) is 7.58. The Hall–Kier alpha value is -1.21. The summed E-state index contributed by atoms with van der Waals surface area (Å²) in [6, 6.07) is 4.33. The van der Waals surface area contributed by atoms with Crippen molar-refractivity contribution in [1.29, 1.82) is 0 Å². The summed E-state index contributed by atoms with van der Waals surface area (Å²) in [5.41, 5.74) is 0.802. The number of hydrogen-bond acceptors (Lipinski definition) is 4. The first kappa shape index (κ1) is 15.2. The van der Waals surface area contributed by atoms with E-state index in [9.17, 15) is 8.42 Å². The van der Waals surface area contributed by atoms with Gasteiger partial charge >= 0.3 is 0 Å². The Morgan fingerprint density at radius 3 is 2.50 bits per heavy atom. The van der Waals surface area contributed by atoms with Gasteiger partial charge in [0.1, 0.15) is 10.0 Å². The van der Waals surface area contributed by atoms with Gasteiger partial charge in [-0.2, -0.15) is 0 Å². The van der Waals surface area contributed by atoms with E-state index in [1.54, 1.807) is 31.5 Å². The molecule has 0 radical (unpaired) electrons. The maximum atomic E-state index is 12.2. The van der Waals surface area contributed by atoms with Crippen LogP contribution in [-0.4, -0.2) is 18.4 Å². The predicted octanol–water partition coefficient (Wildman–Crippen LogP) is 2.82. The molecular formula is C12H11Cl2N3O2S. The molecule has 106 valence electrons. The summed E-state index contributed by atoms with van der Waals surface area (Å²) in [6.45, 7) is 1.73. The van der Waals surface area contributed by atoms with Crippen LogP contribution in [0.1, 0.15) is 18.5 Å². The van der Waals surface area contributed by atoms with Crippen molar-refractivity contribution in [3.63, 3.8) is 0 Å². The highest BCUT2D eigenvalue weighted by Gasteiger charge is 2.19. The van der Waals surface area contributed by atoms with E-state index in [1.807, 2.05) is 0 Å². The SMILES string of the molecule is CC(NS(=O)(=O)c1cnc(Cl)c(Cl)c1)c1ccncc1. The van der Waals surface area contributed by atoms with Crippen molar-refractivity contribution in [1.82, 2.24) is 14.7 Å². The first-order valence-corrected chi connectivity index (χ1v) is 7.87. The Labute approximate surface area is 127 Å². The first-order valence-electron chi connectivity index (χ1n) is 5.63. The van der Waals surface area contributed by atoms with E-state index in [4.69, 9.17) is 23.2 Å². The fourth-order valence-corrected chi connectivity index (χ4v) is 3.11. The van der Waals surface area contributed by atoms with Crippen molar-refractivity contribution < 1.29 is 8.42 Å². The van der Waals surface area contributed by atoms with Crippen LogP contribution in [0.25, 0.3) is 0 Å². The molecule has 0 fully saturated rings. The van der Waals surface area contributed by atoms with Gasteiger partial charge in [-0.3, -0.25) is 4.98 Å². The average molecular weight is 332 g/mol. The summed E-state index contributed by atoms with van der Waals surface area (Å²) >= 11 is 11.4. The van der Waals surface area contributed by atoms with Gasteiger partial charge in [0.2, 0.25) is 10.0 Å². The molecule has 0 aliphatic carbocycles. The molecule has 0 aliphatic rings. The summed E-state index contributed by atoms with van der Waals surface area (Å²) < 4.78 is 27.0. The lowest BCUT2D eigenvalue weighted by atomic mass is 10.1. The van der Waals surface area contributed by atoms with E-state index in [0.717, 1.165) is 11.8 Å². The Bertz CT molecular complexity index is 708. The second kappa shape index (κ2) is 6.05. The molecule has 0 bridgehead atoms. The molecule has 1 atom stereocenters. The molecule has 20 heavy (non-hydrogen) atoms. The number of nitrogens with zero attached hydrogens (tertiary/aromatic N) is 2. The molecule has 1 N–H and O–H groups in total. The van der Waals surface area contributed by atoms with Crippen molar-refractivity contribution in [3.8, 4) is 0 Å². The molecule has 8 heteroatoms. The number of halogens is 2. The van der Waals surface area contributed by atoms with Crippen molar-refractivity contribution in [2.24, 2.45) is 0 Å². The number of nitrogens with one attached hydrogen (secondary N) is 1. The highest BCUT2D eigenvalue weighted by Crippen LogP contribution is 2.23. The fraction of sp³-hybridized carbons (Fsp3) is 0.167. The summed E-state index contributed by atoms with van der Waals surface area (Å²) in [5.74, 6) is 0. The molecule has 2 aromatic rings. The number of rotatable bonds is 4. The van der Waals surface area contributed by atoms with Crippen molar-refractivity contribution in [2.75, 3.05) is 0 Å². The van der Waals surface area contributed by atoms with Crippen LogP contribution >= 0.6 is 23.2 Å². The van der Waals surface area contributed by atoms with Crippen LogP contribution in [0.5, 0.6) is 0 Å². The molecule has 2 aromatic heterocycles. The second-order valence-electron chi connectivity index (χ2n) is 4.07. The third kappa shape index (κ3) is 3.46. The van der Waals surface area contributed by atoms with Crippen LogP contribution in [0.2, 0.25) is 10.2 Å². The zero-order chi connectivity index (χ0) is 14.8. The molecule has 2 rings (SSSR count). The Morgan fingerprint density at radius 2 is 1.90 bits per heavy atom. The van der Waals surface area contributed by atoms with E-state index in [2.05, 4.69) is 14.7 Å². The minimum absolute atomic E-state index is 0.0344. The topological polar surface area (TPSA) is 72.0 Å². The number of aromatic nitrogens is 2. The van der Waals surface area contributed by atoms with Crippen molar-refractivity contribution >= 4 is 33.2 Å². The third-order valence-electron chi connectivity index (χ3n) is 2.62. The molecule has 0 aliphatic heterocycles. The lowest BCUT2D eigenvalue weighted by molar-refractivity contribution is 0.566. The minimum atomic E-state index is -3.72. The molecule has 0 saturated carbocycles. The van der Waals surface area contributed by atoms with Gasteiger partial charge in [-0.1, -0.05) is 23.2 Å². The van der Waals surface area contributed by atoms with E-state index >= 15 is 0 Å². The van der Waals surface area contributed by atoms with Crippen LogP contribution in [0.4, 0.5) is 0 Å². The zero-order valence-electron chi connectivity index (χ0n) is 10.4. The average Bonchev–Trinajstić information content (AvgIpc) is 2.42. The van der Waals surface area contributed by atoms with Crippen LogP contribution in [-0.2, 0) is 10.0 Å². The van der Waals surface area contributed by atoms with Gasteiger partial charge < -0.3 is 0 Å². The van der Waals surface area contributed by atoms with Crippen molar-refractivity contribution in [3.05, 3.63) is 52.5 Å². The maximum absolute atomic E-state index is 12.2. The lowest BCUT2D eigenvalue weighted by Crippen LogP contribution is -2.27. The largest absolute Gasteiger partial charge is 0.265 e. The smallest absolute Gasteiger partial charge is 0.242 e. The number of sulfonamides is 1. The Balaban J connectivity index is 2.25. The molecule has 0 aromatic carbocycles. The number of pyridine rings is 2. The standard InChI is InChI=1S/C12H11Cl2N3O2S/c1-8(9-2-4-15-5-3-9)17-20(18,19)10-6-11(13)12(14)16-7-10/h2-8,17H,1H3. The molecular weight excluding hydrogens is 321 g/mol. The van der Waals surface area contributed by atoms with Gasteiger partial charge in [-0.05, 0) is 30.7 Å². The van der Waals surface area contributed by atoms with Crippen LogP contribution in [0.3, 0.4) is 0 Å². The highest BCUT2D eigenvalue weighted by atomic mass is 35.5. The molecule has 2 heterocycles. The number of hydrogen-bond donors (Lipinski definition) is 1.